The zero-order valence-electron chi connectivity index (χ0n) is 12.4. The summed E-state index contributed by atoms with van der Waals surface area (Å²) in [7, 11) is 1.22. The highest BCUT2D eigenvalue weighted by atomic mass is 35.5. The summed E-state index contributed by atoms with van der Waals surface area (Å²) in [5.74, 6) is -2.54. The van der Waals surface area contributed by atoms with Crippen LogP contribution in [0.5, 0.6) is 0 Å². The zero-order valence-corrected chi connectivity index (χ0v) is 13.9. The van der Waals surface area contributed by atoms with Crippen LogP contribution in [0, 0.1) is 0 Å². The average molecular weight is 367 g/mol. The maximum atomic E-state index is 12.0. The van der Waals surface area contributed by atoms with Gasteiger partial charge in [0.05, 0.1) is 29.1 Å². The molecule has 2 aromatic carbocycles. The lowest BCUT2D eigenvalue weighted by Crippen LogP contribution is -2.29. The first-order valence-electron chi connectivity index (χ1n) is 6.67. The third-order valence-electron chi connectivity index (χ3n) is 2.97. The Balaban J connectivity index is 2.12. The number of anilines is 2. The molecule has 2 aromatic rings. The minimum absolute atomic E-state index is 0.130. The van der Waals surface area contributed by atoms with Crippen molar-refractivity contribution < 1.29 is 19.1 Å². The molecule has 0 radical (unpaired) electrons. The number of hydrogen-bond acceptors (Lipinski definition) is 4. The maximum absolute atomic E-state index is 12.0. The van der Waals surface area contributed by atoms with Crippen molar-refractivity contribution in [1.29, 1.82) is 0 Å². The third-order valence-corrected chi connectivity index (χ3v) is 3.51. The highest BCUT2D eigenvalue weighted by molar-refractivity contribution is 6.45. The van der Waals surface area contributed by atoms with E-state index in [0.29, 0.717) is 5.02 Å². The molecule has 0 aromatic heterocycles. The van der Waals surface area contributed by atoms with Gasteiger partial charge in [0.25, 0.3) is 0 Å². The molecule has 0 heterocycles. The van der Waals surface area contributed by atoms with Crippen molar-refractivity contribution >= 4 is 52.4 Å². The van der Waals surface area contributed by atoms with Crippen LogP contribution in [-0.4, -0.2) is 24.9 Å². The van der Waals surface area contributed by atoms with Crippen LogP contribution in [0.2, 0.25) is 10.0 Å². The van der Waals surface area contributed by atoms with E-state index < -0.39 is 17.8 Å². The normalized spacial score (nSPS) is 9.96. The van der Waals surface area contributed by atoms with E-state index in [-0.39, 0.29) is 22.0 Å². The molecule has 24 heavy (non-hydrogen) atoms. The van der Waals surface area contributed by atoms with Crippen LogP contribution in [0.15, 0.2) is 42.5 Å². The van der Waals surface area contributed by atoms with Crippen molar-refractivity contribution in [2.45, 2.75) is 0 Å². The molecule has 0 saturated carbocycles. The molecule has 0 aliphatic rings. The fraction of sp³-hybridized carbons (Fsp3) is 0.0625. The number of nitrogens with one attached hydrogen (secondary N) is 2. The SMILES string of the molecule is COC(=O)c1ccccc1NC(=O)C(=O)Nc1ccc(Cl)cc1Cl. The Hall–Kier alpha value is -2.57. The highest BCUT2D eigenvalue weighted by Crippen LogP contribution is 2.25. The van der Waals surface area contributed by atoms with E-state index in [1.807, 2.05) is 0 Å². The number of hydrogen-bond donors (Lipinski definition) is 2. The summed E-state index contributed by atoms with van der Waals surface area (Å²) in [5.41, 5.74) is 0.528. The Morgan fingerprint density at radius 1 is 0.917 bits per heavy atom. The predicted molar refractivity (Wildman–Crippen MR) is 91.5 cm³/mol. The fourth-order valence-electron chi connectivity index (χ4n) is 1.83. The molecule has 6 nitrogen and oxygen atoms in total. The Bertz CT molecular complexity index is 808. The van der Waals surface area contributed by atoms with Crippen molar-refractivity contribution in [1.82, 2.24) is 0 Å². The molecule has 0 atom stereocenters. The van der Waals surface area contributed by atoms with Crippen LogP contribution in [0.3, 0.4) is 0 Å². The molecular formula is C16H12Cl2N2O4. The van der Waals surface area contributed by atoms with Crippen LogP contribution in [0.25, 0.3) is 0 Å². The summed E-state index contributed by atoms with van der Waals surface area (Å²) in [4.78, 5) is 35.6. The molecular weight excluding hydrogens is 355 g/mol. The number of rotatable bonds is 3. The van der Waals surface area contributed by atoms with Gasteiger partial charge in [-0.25, -0.2) is 4.79 Å². The Morgan fingerprint density at radius 2 is 1.54 bits per heavy atom. The number of carbonyl (C=O) groups excluding carboxylic acids is 3. The molecule has 0 fully saturated rings. The van der Waals surface area contributed by atoms with E-state index in [1.165, 1.54) is 37.4 Å². The summed E-state index contributed by atoms with van der Waals surface area (Å²) in [6.07, 6.45) is 0. The van der Waals surface area contributed by atoms with Gasteiger partial charge in [-0.2, -0.15) is 0 Å². The van der Waals surface area contributed by atoms with Gasteiger partial charge in [0.15, 0.2) is 0 Å². The van der Waals surface area contributed by atoms with Crippen LogP contribution >= 0.6 is 23.2 Å². The number of amides is 2. The van der Waals surface area contributed by atoms with Crippen molar-refractivity contribution in [3.8, 4) is 0 Å². The van der Waals surface area contributed by atoms with Gasteiger partial charge in [0.1, 0.15) is 0 Å². The fourth-order valence-corrected chi connectivity index (χ4v) is 2.28. The molecule has 8 heteroatoms. The van der Waals surface area contributed by atoms with Crippen LogP contribution in [0.1, 0.15) is 10.4 Å². The quantitative estimate of drug-likeness (QED) is 0.644. The van der Waals surface area contributed by atoms with Gasteiger partial charge in [-0.3, -0.25) is 9.59 Å². The number of carbonyl (C=O) groups is 3. The van der Waals surface area contributed by atoms with Crippen molar-refractivity contribution in [3.63, 3.8) is 0 Å². The van der Waals surface area contributed by atoms with Gasteiger partial charge in [-0.15, -0.1) is 0 Å². The van der Waals surface area contributed by atoms with E-state index in [4.69, 9.17) is 23.2 Å². The molecule has 0 aliphatic carbocycles. The van der Waals surface area contributed by atoms with Gasteiger partial charge in [0.2, 0.25) is 0 Å². The van der Waals surface area contributed by atoms with Crippen molar-refractivity contribution in [2.75, 3.05) is 17.7 Å². The van der Waals surface area contributed by atoms with Crippen LogP contribution in [0.4, 0.5) is 11.4 Å². The lowest BCUT2D eigenvalue weighted by Gasteiger charge is -2.10. The number of para-hydroxylation sites is 1. The molecule has 0 spiro atoms. The Morgan fingerprint density at radius 3 is 2.17 bits per heavy atom. The van der Waals surface area contributed by atoms with Gasteiger partial charge in [-0.05, 0) is 30.3 Å². The zero-order chi connectivity index (χ0) is 17.7. The summed E-state index contributed by atoms with van der Waals surface area (Å²) in [6.45, 7) is 0. The number of halogens is 2. The van der Waals surface area contributed by atoms with Gasteiger partial charge >= 0.3 is 17.8 Å². The minimum atomic E-state index is -0.961. The first-order valence-corrected chi connectivity index (χ1v) is 7.42. The second-order valence-electron chi connectivity index (χ2n) is 4.57. The number of esters is 1. The molecule has 0 unspecified atom stereocenters. The first kappa shape index (κ1) is 17.8. The monoisotopic (exact) mass is 366 g/mol. The summed E-state index contributed by atoms with van der Waals surface area (Å²) in [5, 5.41) is 5.31. The summed E-state index contributed by atoms with van der Waals surface area (Å²) < 4.78 is 4.62. The largest absolute Gasteiger partial charge is 0.465 e. The van der Waals surface area contributed by atoms with Gasteiger partial charge < -0.3 is 15.4 Å². The molecule has 0 aliphatic heterocycles. The van der Waals surface area contributed by atoms with E-state index in [2.05, 4.69) is 15.4 Å². The molecule has 2 amide bonds. The molecule has 0 bridgehead atoms. The smallest absolute Gasteiger partial charge is 0.339 e. The topological polar surface area (TPSA) is 84.5 Å². The summed E-state index contributed by atoms with van der Waals surface area (Å²) in [6, 6.07) is 10.6. The predicted octanol–water partition coefficient (Wildman–Crippen LogP) is 3.36. The van der Waals surface area contributed by atoms with E-state index in [1.54, 1.807) is 12.1 Å². The van der Waals surface area contributed by atoms with E-state index in [9.17, 15) is 14.4 Å². The second kappa shape index (κ2) is 7.81. The number of ether oxygens (including phenoxy) is 1. The van der Waals surface area contributed by atoms with Crippen LogP contribution < -0.4 is 10.6 Å². The molecule has 0 saturated heterocycles. The number of methoxy groups -OCH3 is 1. The van der Waals surface area contributed by atoms with Crippen molar-refractivity contribution in [2.24, 2.45) is 0 Å². The molecule has 2 N–H and O–H groups in total. The minimum Gasteiger partial charge on any atom is -0.465 e. The third kappa shape index (κ3) is 4.24. The maximum Gasteiger partial charge on any atom is 0.339 e. The standard InChI is InChI=1S/C16H12Cl2N2O4/c1-24-16(23)10-4-2-3-5-12(10)19-14(21)15(22)20-13-7-6-9(17)8-11(13)18/h2-8H,1H3,(H,19,21)(H,20,22). The van der Waals surface area contributed by atoms with Gasteiger partial charge in [-0.1, -0.05) is 35.3 Å². The highest BCUT2D eigenvalue weighted by Gasteiger charge is 2.19. The van der Waals surface area contributed by atoms with Crippen LogP contribution in [-0.2, 0) is 14.3 Å². The van der Waals surface area contributed by atoms with Gasteiger partial charge in [0, 0.05) is 5.02 Å². The van der Waals surface area contributed by atoms with E-state index >= 15 is 0 Å². The Kier molecular flexibility index (Phi) is 5.78. The van der Waals surface area contributed by atoms with E-state index in [0.717, 1.165) is 0 Å². The average Bonchev–Trinajstić information content (AvgIpc) is 2.57. The number of benzene rings is 2. The second-order valence-corrected chi connectivity index (χ2v) is 5.41. The first-order chi connectivity index (χ1) is 11.4. The van der Waals surface area contributed by atoms with Crippen molar-refractivity contribution in [3.05, 3.63) is 58.1 Å². The lowest BCUT2D eigenvalue weighted by molar-refractivity contribution is -0.133. The molecule has 2 rings (SSSR count). The Labute approximate surface area is 147 Å². The molecule has 124 valence electrons. The summed E-state index contributed by atoms with van der Waals surface area (Å²) >= 11 is 11.7. The lowest BCUT2D eigenvalue weighted by atomic mass is 10.2.